The Hall–Kier alpha value is -1.60. The molecule has 0 fully saturated rings. The maximum absolute atomic E-state index is 12.6. The second-order valence-corrected chi connectivity index (χ2v) is 7.81. The number of carbonyl (C=O) groups is 3. The van der Waals surface area contributed by atoms with E-state index in [1.807, 2.05) is 0 Å². The minimum absolute atomic E-state index is 0.00325. The molecule has 31 heavy (non-hydrogen) atoms. The lowest BCUT2D eigenvalue weighted by Crippen LogP contribution is -2.31. The molecule has 0 heterocycles. The molecule has 2 N–H and O–H groups in total. The number of hydrogen-bond donors (Lipinski definition) is 2. The minimum atomic E-state index is -4.09. The summed E-state index contributed by atoms with van der Waals surface area (Å²) in [5, 5.41) is 5.61. The second-order valence-electron chi connectivity index (χ2n) is 6.03. The van der Waals surface area contributed by atoms with E-state index in [1.165, 1.54) is 7.11 Å². The van der Waals surface area contributed by atoms with Crippen molar-refractivity contribution < 1.29 is 51.5 Å². The molecule has 182 valence electrons. The predicted molar refractivity (Wildman–Crippen MR) is 107 cm³/mol. The van der Waals surface area contributed by atoms with E-state index in [2.05, 4.69) is 10.6 Å². The molecule has 0 saturated carbocycles. The SMILES string of the molecule is CNCCC(=O)OCC(COP(=O)(OC)OCC(COC)OC=O)OC(=O)CCNC. The van der Waals surface area contributed by atoms with Gasteiger partial charge in [0, 0.05) is 27.3 Å². The molecule has 0 spiro atoms. The lowest BCUT2D eigenvalue weighted by molar-refractivity contribution is -0.161. The summed E-state index contributed by atoms with van der Waals surface area (Å²) in [5.41, 5.74) is 0. The van der Waals surface area contributed by atoms with Gasteiger partial charge in [0.05, 0.1) is 32.7 Å². The molecular formula is C17H33N2O11P. The van der Waals surface area contributed by atoms with Gasteiger partial charge < -0.3 is 29.6 Å². The predicted octanol–water partition coefficient (Wildman–Crippen LogP) is -0.364. The fourth-order valence-electron chi connectivity index (χ4n) is 1.96. The smallest absolute Gasteiger partial charge is 0.462 e. The fraction of sp³-hybridized carbons (Fsp3) is 0.824. The highest BCUT2D eigenvalue weighted by Crippen LogP contribution is 2.48. The summed E-state index contributed by atoms with van der Waals surface area (Å²) < 4.78 is 47.6. The molecule has 0 aromatic rings. The Morgan fingerprint density at radius 1 is 0.903 bits per heavy atom. The van der Waals surface area contributed by atoms with E-state index in [1.54, 1.807) is 14.1 Å². The number of nitrogens with one attached hydrogen (secondary N) is 2. The van der Waals surface area contributed by atoms with Gasteiger partial charge in [0.15, 0.2) is 6.10 Å². The zero-order valence-corrected chi connectivity index (χ0v) is 19.2. The Labute approximate surface area is 182 Å². The number of carbonyl (C=O) groups excluding carboxylic acids is 3. The van der Waals surface area contributed by atoms with E-state index >= 15 is 0 Å². The van der Waals surface area contributed by atoms with Crippen LogP contribution in [-0.4, -0.2) is 98.5 Å². The van der Waals surface area contributed by atoms with Crippen LogP contribution < -0.4 is 10.6 Å². The first-order chi connectivity index (χ1) is 14.8. The number of hydrogen-bond acceptors (Lipinski definition) is 13. The van der Waals surface area contributed by atoms with E-state index in [0.29, 0.717) is 13.1 Å². The maximum Gasteiger partial charge on any atom is 0.474 e. The van der Waals surface area contributed by atoms with Gasteiger partial charge in [-0.15, -0.1) is 0 Å². The van der Waals surface area contributed by atoms with Crippen molar-refractivity contribution in [1.29, 1.82) is 0 Å². The van der Waals surface area contributed by atoms with Crippen LogP contribution in [0.1, 0.15) is 12.8 Å². The van der Waals surface area contributed by atoms with Gasteiger partial charge in [-0.1, -0.05) is 0 Å². The fourth-order valence-corrected chi connectivity index (χ4v) is 2.94. The maximum atomic E-state index is 12.6. The van der Waals surface area contributed by atoms with Crippen LogP contribution in [0, 0.1) is 0 Å². The number of phosphoric ester groups is 1. The van der Waals surface area contributed by atoms with Gasteiger partial charge in [0.1, 0.15) is 12.7 Å². The third kappa shape index (κ3) is 14.9. The average molecular weight is 472 g/mol. The van der Waals surface area contributed by atoms with Gasteiger partial charge in [0.2, 0.25) is 0 Å². The summed E-state index contributed by atoms with van der Waals surface area (Å²) >= 11 is 0. The highest BCUT2D eigenvalue weighted by molar-refractivity contribution is 7.48. The summed E-state index contributed by atoms with van der Waals surface area (Å²) in [6.45, 7) is -0.0715. The topological polar surface area (TPSA) is 157 Å². The molecule has 0 bridgehead atoms. The molecule has 0 rings (SSSR count). The number of rotatable bonds is 20. The number of methoxy groups -OCH3 is 1. The molecule has 14 heteroatoms. The average Bonchev–Trinajstić information content (AvgIpc) is 2.76. The Bertz CT molecular complexity index is 564. The highest BCUT2D eigenvalue weighted by atomic mass is 31.2. The first-order valence-electron chi connectivity index (χ1n) is 9.51. The summed E-state index contributed by atoms with van der Waals surface area (Å²) in [4.78, 5) is 34.1. The van der Waals surface area contributed by atoms with Crippen LogP contribution in [0.2, 0.25) is 0 Å². The number of esters is 2. The summed E-state index contributed by atoms with van der Waals surface area (Å²) in [6, 6.07) is 0. The molecule has 0 aliphatic heterocycles. The zero-order chi connectivity index (χ0) is 23.5. The standard InChI is InChI=1S/C17H33N2O11P/c1-18-7-5-16(21)26-10-15(30-17(22)6-8-19-2)12-29-31(23,25-4)28-11-14(9-24-3)27-13-20/h13-15,18-19H,5-12H2,1-4H3. The Kier molecular flexibility index (Phi) is 17.1. The van der Waals surface area contributed by atoms with Crippen LogP contribution in [-0.2, 0) is 51.5 Å². The van der Waals surface area contributed by atoms with Crippen LogP contribution in [0.5, 0.6) is 0 Å². The first kappa shape index (κ1) is 29.4. The minimum Gasteiger partial charge on any atom is -0.462 e. The van der Waals surface area contributed by atoms with Gasteiger partial charge in [-0.3, -0.25) is 28.0 Å². The Balaban J connectivity index is 4.89. The largest absolute Gasteiger partial charge is 0.474 e. The third-order valence-electron chi connectivity index (χ3n) is 3.55. The summed E-state index contributed by atoms with van der Waals surface area (Å²) in [6.07, 6.45) is -1.69. The monoisotopic (exact) mass is 472 g/mol. The molecule has 0 aliphatic rings. The van der Waals surface area contributed by atoms with Gasteiger partial charge in [0.25, 0.3) is 6.47 Å². The molecular weight excluding hydrogens is 439 g/mol. The first-order valence-corrected chi connectivity index (χ1v) is 11.0. The zero-order valence-electron chi connectivity index (χ0n) is 18.3. The third-order valence-corrected chi connectivity index (χ3v) is 4.93. The van der Waals surface area contributed by atoms with Crippen LogP contribution in [0.3, 0.4) is 0 Å². The van der Waals surface area contributed by atoms with Crippen LogP contribution >= 0.6 is 7.82 Å². The van der Waals surface area contributed by atoms with Gasteiger partial charge in [-0.05, 0) is 14.1 Å². The van der Waals surface area contributed by atoms with Gasteiger partial charge in [-0.25, -0.2) is 4.57 Å². The van der Waals surface area contributed by atoms with E-state index in [4.69, 9.17) is 32.5 Å². The normalized spacial score (nSPS) is 14.8. The van der Waals surface area contributed by atoms with Crippen LogP contribution in [0.4, 0.5) is 0 Å². The van der Waals surface area contributed by atoms with Crippen molar-refractivity contribution in [3.05, 3.63) is 0 Å². The van der Waals surface area contributed by atoms with Gasteiger partial charge >= 0.3 is 19.8 Å². The van der Waals surface area contributed by atoms with Crippen molar-refractivity contribution in [3.8, 4) is 0 Å². The Morgan fingerprint density at radius 3 is 2.00 bits per heavy atom. The highest BCUT2D eigenvalue weighted by Gasteiger charge is 2.30. The number of phosphoric acid groups is 1. The van der Waals surface area contributed by atoms with Crippen LogP contribution in [0.25, 0.3) is 0 Å². The molecule has 13 nitrogen and oxygen atoms in total. The van der Waals surface area contributed by atoms with Crippen molar-refractivity contribution in [2.75, 3.05) is 67.8 Å². The lowest BCUT2D eigenvalue weighted by atomic mass is 10.3. The van der Waals surface area contributed by atoms with Gasteiger partial charge in [-0.2, -0.15) is 0 Å². The van der Waals surface area contributed by atoms with Crippen molar-refractivity contribution >= 4 is 26.2 Å². The molecule has 0 aliphatic carbocycles. The summed E-state index contributed by atoms with van der Waals surface area (Å²) in [5.74, 6) is -1.08. The Morgan fingerprint density at radius 2 is 1.48 bits per heavy atom. The van der Waals surface area contributed by atoms with E-state index in [0.717, 1.165) is 7.11 Å². The molecule has 3 unspecified atom stereocenters. The van der Waals surface area contributed by atoms with E-state index < -0.39 is 38.6 Å². The molecule has 0 amide bonds. The van der Waals surface area contributed by atoms with Crippen molar-refractivity contribution in [1.82, 2.24) is 10.6 Å². The lowest BCUT2D eigenvalue weighted by Gasteiger charge is -2.22. The van der Waals surface area contributed by atoms with Crippen LogP contribution in [0.15, 0.2) is 0 Å². The summed E-state index contributed by atoms with van der Waals surface area (Å²) in [7, 11) is 1.76. The van der Waals surface area contributed by atoms with Crippen molar-refractivity contribution in [2.45, 2.75) is 25.0 Å². The molecule has 0 aromatic carbocycles. The molecule has 3 atom stereocenters. The quantitative estimate of drug-likeness (QED) is 0.102. The van der Waals surface area contributed by atoms with Crippen molar-refractivity contribution in [3.63, 3.8) is 0 Å². The van der Waals surface area contributed by atoms with E-state index in [-0.39, 0.29) is 39.1 Å². The van der Waals surface area contributed by atoms with E-state index in [9.17, 15) is 18.9 Å². The van der Waals surface area contributed by atoms with Crippen molar-refractivity contribution in [2.24, 2.45) is 0 Å². The number of ether oxygens (including phenoxy) is 4. The molecule has 0 saturated heterocycles. The second kappa shape index (κ2) is 18.0. The molecule has 0 aromatic heterocycles. The molecule has 0 radical (unpaired) electrons.